The van der Waals surface area contributed by atoms with Gasteiger partial charge in [0.15, 0.2) is 0 Å². The molecule has 0 aliphatic rings. The molecule has 0 aromatic heterocycles. The van der Waals surface area contributed by atoms with Crippen LogP contribution in [0.1, 0.15) is 20.3 Å². The Balaban J connectivity index is 2.63. The molecule has 0 saturated heterocycles. The Morgan fingerprint density at radius 1 is 1.50 bits per heavy atom. The van der Waals surface area contributed by atoms with Gasteiger partial charge >= 0.3 is 0 Å². The van der Waals surface area contributed by atoms with E-state index in [9.17, 15) is 14.5 Å². The van der Waals surface area contributed by atoms with E-state index in [-0.39, 0.29) is 16.4 Å². The van der Waals surface area contributed by atoms with Crippen LogP contribution < -0.4 is 5.32 Å². The second-order valence-corrected chi connectivity index (χ2v) is 5.30. The molecule has 1 N–H and O–H groups in total. The van der Waals surface area contributed by atoms with Crippen LogP contribution in [0, 0.1) is 15.9 Å². The second-order valence-electron chi connectivity index (χ2n) is 4.90. The van der Waals surface area contributed by atoms with Gasteiger partial charge in [-0.15, -0.1) is 0 Å². The van der Waals surface area contributed by atoms with E-state index in [4.69, 9.17) is 11.6 Å². The van der Waals surface area contributed by atoms with Crippen molar-refractivity contribution in [2.45, 2.75) is 26.3 Å². The summed E-state index contributed by atoms with van der Waals surface area (Å²) in [5.74, 6) is -0.668. The molecule has 1 aromatic rings. The molecule has 7 heteroatoms. The number of hydrogen-bond acceptors (Lipinski definition) is 4. The van der Waals surface area contributed by atoms with Crippen LogP contribution in [-0.4, -0.2) is 36.0 Å². The predicted octanol–water partition coefficient (Wildman–Crippen LogP) is 3.53. The van der Waals surface area contributed by atoms with Gasteiger partial charge in [0.25, 0.3) is 5.69 Å². The molecule has 0 aliphatic carbocycles. The molecule has 0 fully saturated rings. The lowest BCUT2D eigenvalue weighted by molar-refractivity contribution is -0.384. The highest BCUT2D eigenvalue weighted by Crippen LogP contribution is 2.30. The summed E-state index contributed by atoms with van der Waals surface area (Å²) in [5, 5.41) is 13.5. The van der Waals surface area contributed by atoms with Crippen molar-refractivity contribution in [3.05, 3.63) is 33.1 Å². The smallest absolute Gasteiger partial charge is 0.294 e. The predicted molar refractivity (Wildman–Crippen MR) is 78.9 cm³/mol. The Bertz CT molecular complexity index is 483. The molecule has 0 bridgehead atoms. The van der Waals surface area contributed by atoms with Crippen LogP contribution in [0.5, 0.6) is 0 Å². The van der Waals surface area contributed by atoms with Gasteiger partial charge in [0, 0.05) is 24.7 Å². The molecule has 112 valence electrons. The average molecular weight is 304 g/mol. The quantitative estimate of drug-likeness (QED) is 0.475. The van der Waals surface area contributed by atoms with Crippen LogP contribution in [-0.2, 0) is 0 Å². The molecule has 0 heterocycles. The van der Waals surface area contributed by atoms with Gasteiger partial charge in [0.05, 0.1) is 9.95 Å². The number of nitro groups is 1. The van der Waals surface area contributed by atoms with E-state index >= 15 is 0 Å². The molecule has 0 unspecified atom stereocenters. The average Bonchev–Trinajstić information content (AvgIpc) is 2.37. The van der Waals surface area contributed by atoms with Crippen molar-refractivity contribution in [2.24, 2.45) is 0 Å². The topological polar surface area (TPSA) is 58.4 Å². The Morgan fingerprint density at radius 3 is 2.70 bits per heavy atom. The SMILES string of the molecule is CC(C)N(C)CCCNc1cc(F)c(Cl)cc1[N+](=O)[O-]. The third-order valence-corrected chi connectivity index (χ3v) is 3.41. The van der Waals surface area contributed by atoms with E-state index in [1.54, 1.807) is 0 Å². The number of benzene rings is 1. The molecular formula is C13H19ClFN3O2. The summed E-state index contributed by atoms with van der Waals surface area (Å²) in [6.45, 7) is 5.56. The van der Waals surface area contributed by atoms with Crippen LogP contribution in [0.2, 0.25) is 5.02 Å². The summed E-state index contributed by atoms with van der Waals surface area (Å²) in [7, 11) is 2.01. The third-order valence-electron chi connectivity index (χ3n) is 3.12. The molecule has 0 amide bonds. The number of halogens is 2. The number of rotatable bonds is 7. The Kier molecular flexibility index (Phi) is 6.16. The van der Waals surface area contributed by atoms with E-state index in [2.05, 4.69) is 24.1 Å². The van der Waals surface area contributed by atoms with Crippen molar-refractivity contribution in [1.82, 2.24) is 4.90 Å². The van der Waals surface area contributed by atoms with Crippen LogP contribution in [0.15, 0.2) is 12.1 Å². The van der Waals surface area contributed by atoms with Crippen molar-refractivity contribution >= 4 is 23.0 Å². The molecule has 0 atom stereocenters. The Labute approximate surface area is 122 Å². The first kappa shape index (κ1) is 16.7. The van der Waals surface area contributed by atoms with Crippen molar-refractivity contribution < 1.29 is 9.31 Å². The van der Waals surface area contributed by atoms with E-state index in [0.717, 1.165) is 25.1 Å². The van der Waals surface area contributed by atoms with Crippen molar-refractivity contribution in [3.8, 4) is 0 Å². The van der Waals surface area contributed by atoms with Crippen LogP contribution in [0.4, 0.5) is 15.8 Å². The molecule has 5 nitrogen and oxygen atoms in total. The van der Waals surface area contributed by atoms with Gasteiger partial charge in [0.1, 0.15) is 11.5 Å². The fourth-order valence-corrected chi connectivity index (χ4v) is 1.80. The number of nitrogens with one attached hydrogen (secondary N) is 1. The van der Waals surface area contributed by atoms with Crippen LogP contribution in [0.3, 0.4) is 0 Å². The minimum absolute atomic E-state index is 0.157. The van der Waals surface area contributed by atoms with Crippen molar-refractivity contribution in [3.63, 3.8) is 0 Å². The maximum Gasteiger partial charge on any atom is 0.294 e. The molecule has 0 spiro atoms. The van der Waals surface area contributed by atoms with Crippen LogP contribution >= 0.6 is 11.6 Å². The lowest BCUT2D eigenvalue weighted by Crippen LogP contribution is -2.28. The number of hydrogen-bond donors (Lipinski definition) is 1. The summed E-state index contributed by atoms with van der Waals surface area (Å²) in [5.41, 5.74) is -0.0577. The fourth-order valence-electron chi connectivity index (χ4n) is 1.64. The Morgan fingerprint density at radius 2 is 2.15 bits per heavy atom. The second kappa shape index (κ2) is 7.40. The zero-order valence-electron chi connectivity index (χ0n) is 11.8. The molecular weight excluding hydrogens is 285 g/mol. The zero-order valence-corrected chi connectivity index (χ0v) is 12.6. The van der Waals surface area contributed by atoms with Gasteiger partial charge in [-0.2, -0.15) is 0 Å². The van der Waals surface area contributed by atoms with Crippen molar-refractivity contribution in [2.75, 3.05) is 25.5 Å². The highest BCUT2D eigenvalue weighted by Gasteiger charge is 2.17. The van der Waals surface area contributed by atoms with Crippen LogP contribution in [0.25, 0.3) is 0 Å². The van der Waals surface area contributed by atoms with Gasteiger partial charge in [-0.3, -0.25) is 10.1 Å². The largest absolute Gasteiger partial charge is 0.379 e. The van der Waals surface area contributed by atoms with Gasteiger partial charge in [-0.1, -0.05) is 11.6 Å². The molecule has 1 rings (SSSR count). The molecule has 0 radical (unpaired) electrons. The monoisotopic (exact) mass is 303 g/mol. The first-order valence-corrected chi connectivity index (χ1v) is 6.78. The van der Waals surface area contributed by atoms with Gasteiger partial charge < -0.3 is 10.2 Å². The van der Waals surface area contributed by atoms with Gasteiger partial charge in [-0.05, 0) is 33.9 Å². The molecule has 0 saturated carbocycles. The maximum absolute atomic E-state index is 13.4. The Hall–Kier alpha value is -1.40. The highest BCUT2D eigenvalue weighted by molar-refractivity contribution is 6.31. The van der Waals surface area contributed by atoms with Crippen molar-refractivity contribution in [1.29, 1.82) is 0 Å². The summed E-state index contributed by atoms with van der Waals surface area (Å²) in [4.78, 5) is 12.5. The minimum Gasteiger partial charge on any atom is -0.379 e. The summed E-state index contributed by atoms with van der Waals surface area (Å²) >= 11 is 5.55. The first-order chi connectivity index (χ1) is 9.32. The fraction of sp³-hybridized carbons (Fsp3) is 0.538. The van der Waals surface area contributed by atoms with E-state index < -0.39 is 10.7 Å². The summed E-state index contributed by atoms with van der Waals surface area (Å²) in [6.07, 6.45) is 0.802. The highest BCUT2D eigenvalue weighted by atomic mass is 35.5. The van der Waals surface area contributed by atoms with E-state index in [1.165, 1.54) is 0 Å². The zero-order chi connectivity index (χ0) is 15.3. The molecule has 20 heavy (non-hydrogen) atoms. The maximum atomic E-state index is 13.4. The van der Waals surface area contributed by atoms with Gasteiger partial charge in [-0.25, -0.2) is 4.39 Å². The lowest BCUT2D eigenvalue weighted by Gasteiger charge is -2.20. The summed E-state index contributed by atoms with van der Waals surface area (Å²) in [6, 6.07) is 2.53. The third kappa shape index (κ3) is 4.61. The summed E-state index contributed by atoms with van der Waals surface area (Å²) < 4.78 is 13.4. The van der Waals surface area contributed by atoms with Gasteiger partial charge in [0.2, 0.25) is 0 Å². The minimum atomic E-state index is -0.668. The molecule has 0 aliphatic heterocycles. The first-order valence-electron chi connectivity index (χ1n) is 6.40. The normalized spacial score (nSPS) is 11.2. The number of nitro benzene ring substituents is 1. The van der Waals surface area contributed by atoms with E-state index in [0.29, 0.717) is 12.6 Å². The molecule has 1 aromatic carbocycles. The number of anilines is 1. The van der Waals surface area contributed by atoms with E-state index in [1.807, 2.05) is 7.05 Å². The standard InChI is InChI=1S/C13H19ClFN3O2/c1-9(2)17(3)6-4-5-16-12-8-11(15)10(14)7-13(12)18(19)20/h7-9,16H,4-6H2,1-3H3. The number of nitrogens with zero attached hydrogens (tertiary/aromatic N) is 2. The lowest BCUT2D eigenvalue weighted by atomic mass is 10.2.